The molecule has 110 valence electrons. The molecule has 2 rings (SSSR count). The van der Waals surface area contributed by atoms with E-state index in [0.29, 0.717) is 10.7 Å². The molecule has 0 aromatic heterocycles. The standard InChI is InChI=1S/C17H14ClN3O/c1-12-5-7-15(8-6-12)20-11-13(10-19)17(22)21-16-4-2-3-14(18)9-16/h2-9,11,20H,1H3,(H,21,22). The van der Waals surface area contributed by atoms with Crippen LogP contribution in [0.4, 0.5) is 11.4 Å². The quantitative estimate of drug-likeness (QED) is 0.660. The average molecular weight is 312 g/mol. The average Bonchev–Trinajstić information content (AvgIpc) is 2.49. The predicted octanol–water partition coefficient (Wildman–Crippen LogP) is 4.11. The summed E-state index contributed by atoms with van der Waals surface area (Å²) >= 11 is 5.85. The Bertz CT molecular complexity index is 745. The van der Waals surface area contributed by atoms with Gasteiger partial charge in [0.2, 0.25) is 0 Å². The van der Waals surface area contributed by atoms with E-state index in [2.05, 4.69) is 10.6 Å². The Morgan fingerprint density at radius 1 is 1.18 bits per heavy atom. The monoisotopic (exact) mass is 311 g/mol. The van der Waals surface area contributed by atoms with E-state index in [0.717, 1.165) is 11.3 Å². The Balaban J connectivity index is 2.07. The number of halogens is 1. The maximum absolute atomic E-state index is 12.0. The second-order valence-corrected chi connectivity index (χ2v) is 5.08. The van der Waals surface area contributed by atoms with Crippen LogP contribution in [0.1, 0.15) is 5.56 Å². The second kappa shape index (κ2) is 7.30. The van der Waals surface area contributed by atoms with Crippen LogP contribution in [-0.2, 0) is 4.79 Å². The minimum Gasteiger partial charge on any atom is -0.360 e. The number of carbonyl (C=O) groups excluding carboxylic acids is 1. The molecular formula is C17H14ClN3O. The van der Waals surface area contributed by atoms with Crippen LogP contribution in [0.15, 0.2) is 60.3 Å². The zero-order chi connectivity index (χ0) is 15.9. The fraction of sp³-hybridized carbons (Fsp3) is 0.0588. The topological polar surface area (TPSA) is 64.9 Å². The smallest absolute Gasteiger partial charge is 0.267 e. The van der Waals surface area contributed by atoms with Crippen LogP contribution in [0.3, 0.4) is 0 Å². The van der Waals surface area contributed by atoms with E-state index in [1.807, 2.05) is 37.3 Å². The van der Waals surface area contributed by atoms with E-state index in [-0.39, 0.29) is 5.57 Å². The molecule has 0 spiro atoms. The summed E-state index contributed by atoms with van der Waals surface area (Å²) in [5, 5.41) is 15.2. The Labute approximate surface area is 134 Å². The van der Waals surface area contributed by atoms with Crippen LogP contribution >= 0.6 is 11.6 Å². The van der Waals surface area contributed by atoms with Crippen LogP contribution in [0.5, 0.6) is 0 Å². The van der Waals surface area contributed by atoms with Crippen molar-refractivity contribution >= 4 is 28.9 Å². The molecule has 22 heavy (non-hydrogen) atoms. The van der Waals surface area contributed by atoms with Crippen molar-refractivity contribution in [1.82, 2.24) is 0 Å². The Morgan fingerprint density at radius 2 is 1.91 bits per heavy atom. The molecule has 0 heterocycles. The van der Waals surface area contributed by atoms with Crippen molar-refractivity contribution in [2.75, 3.05) is 10.6 Å². The lowest BCUT2D eigenvalue weighted by Crippen LogP contribution is -2.14. The molecule has 0 atom stereocenters. The van der Waals surface area contributed by atoms with Gasteiger partial charge in [0.15, 0.2) is 0 Å². The molecule has 0 bridgehead atoms. The molecule has 1 amide bonds. The number of amides is 1. The molecule has 0 fully saturated rings. The fourth-order valence-corrected chi connectivity index (χ4v) is 1.91. The minimum atomic E-state index is -0.496. The molecule has 0 aliphatic rings. The first kappa shape index (κ1) is 15.6. The second-order valence-electron chi connectivity index (χ2n) is 4.64. The maximum Gasteiger partial charge on any atom is 0.267 e. The first-order valence-corrected chi connectivity index (χ1v) is 6.96. The van der Waals surface area contributed by atoms with E-state index in [4.69, 9.17) is 16.9 Å². The van der Waals surface area contributed by atoms with Crippen molar-refractivity contribution in [3.05, 3.63) is 70.9 Å². The van der Waals surface area contributed by atoms with Crippen LogP contribution in [0.25, 0.3) is 0 Å². The minimum absolute atomic E-state index is 0.0273. The first-order chi connectivity index (χ1) is 10.6. The molecule has 2 aromatic rings. The zero-order valence-corrected chi connectivity index (χ0v) is 12.7. The lowest BCUT2D eigenvalue weighted by Gasteiger charge is -2.05. The summed E-state index contributed by atoms with van der Waals surface area (Å²) in [6.07, 6.45) is 1.38. The van der Waals surface area contributed by atoms with E-state index >= 15 is 0 Å². The number of hydrogen-bond donors (Lipinski definition) is 2. The summed E-state index contributed by atoms with van der Waals surface area (Å²) < 4.78 is 0. The molecule has 5 heteroatoms. The number of aryl methyl sites for hydroxylation is 1. The normalized spacial score (nSPS) is 10.7. The Morgan fingerprint density at radius 3 is 2.55 bits per heavy atom. The van der Waals surface area contributed by atoms with Gasteiger partial charge >= 0.3 is 0 Å². The number of nitriles is 1. The van der Waals surface area contributed by atoms with Crippen molar-refractivity contribution in [2.45, 2.75) is 6.92 Å². The SMILES string of the molecule is Cc1ccc(NC=C(C#N)C(=O)Nc2cccc(Cl)c2)cc1. The van der Waals surface area contributed by atoms with Crippen LogP contribution in [0.2, 0.25) is 5.02 Å². The van der Waals surface area contributed by atoms with Crippen molar-refractivity contribution in [1.29, 1.82) is 5.26 Å². The van der Waals surface area contributed by atoms with Crippen LogP contribution in [-0.4, -0.2) is 5.91 Å². The van der Waals surface area contributed by atoms with Gasteiger partial charge in [0, 0.05) is 22.6 Å². The highest BCUT2D eigenvalue weighted by molar-refractivity contribution is 6.31. The summed E-state index contributed by atoms with van der Waals surface area (Å²) in [7, 11) is 0. The van der Waals surface area contributed by atoms with Gasteiger partial charge in [0.05, 0.1) is 0 Å². The molecule has 0 radical (unpaired) electrons. The van der Waals surface area contributed by atoms with Gasteiger partial charge in [0.1, 0.15) is 11.6 Å². The van der Waals surface area contributed by atoms with E-state index in [1.165, 1.54) is 6.20 Å². The number of hydrogen-bond acceptors (Lipinski definition) is 3. The first-order valence-electron chi connectivity index (χ1n) is 6.59. The summed E-state index contributed by atoms with van der Waals surface area (Å²) in [4.78, 5) is 12.0. The number of anilines is 2. The van der Waals surface area contributed by atoms with Gasteiger partial charge in [-0.1, -0.05) is 35.4 Å². The lowest BCUT2D eigenvalue weighted by atomic mass is 10.2. The van der Waals surface area contributed by atoms with E-state index < -0.39 is 5.91 Å². The summed E-state index contributed by atoms with van der Waals surface area (Å²) in [5.41, 5.74) is 2.44. The molecular weight excluding hydrogens is 298 g/mol. The van der Waals surface area contributed by atoms with Gasteiger partial charge in [-0.15, -0.1) is 0 Å². The number of nitrogens with zero attached hydrogens (tertiary/aromatic N) is 1. The largest absolute Gasteiger partial charge is 0.360 e. The number of rotatable bonds is 4. The van der Waals surface area contributed by atoms with Crippen molar-refractivity contribution in [3.8, 4) is 6.07 Å². The number of carbonyl (C=O) groups is 1. The van der Waals surface area contributed by atoms with Crippen molar-refractivity contribution < 1.29 is 4.79 Å². The van der Waals surface area contributed by atoms with Gasteiger partial charge in [-0.05, 0) is 37.3 Å². The number of benzene rings is 2. The highest BCUT2D eigenvalue weighted by Crippen LogP contribution is 2.16. The van der Waals surface area contributed by atoms with Gasteiger partial charge in [0.25, 0.3) is 5.91 Å². The summed E-state index contributed by atoms with van der Waals surface area (Å²) in [6, 6.07) is 16.2. The lowest BCUT2D eigenvalue weighted by molar-refractivity contribution is -0.112. The predicted molar refractivity (Wildman–Crippen MR) is 88.6 cm³/mol. The van der Waals surface area contributed by atoms with Gasteiger partial charge in [-0.2, -0.15) is 5.26 Å². The fourth-order valence-electron chi connectivity index (χ4n) is 1.72. The highest BCUT2D eigenvalue weighted by atomic mass is 35.5. The molecule has 0 aliphatic carbocycles. The molecule has 2 aromatic carbocycles. The third kappa shape index (κ3) is 4.37. The van der Waals surface area contributed by atoms with Crippen LogP contribution in [0, 0.1) is 18.3 Å². The van der Waals surface area contributed by atoms with Gasteiger partial charge in [-0.25, -0.2) is 0 Å². The molecule has 0 aliphatic heterocycles. The van der Waals surface area contributed by atoms with Gasteiger partial charge < -0.3 is 10.6 Å². The molecule has 0 unspecified atom stereocenters. The summed E-state index contributed by atoms with van der Waals surface area (Å²) in [6.45, 7) is 1.98. The highest BCUT2D eigenvalue weighted by Gasteiger charge is 2.09. The van der Waals surface area contributed by atoms with Crippen molar-refractivity contribution in [2.24, 2.45) is 0 Å². The molecule has 0 saturated carbocycles. The van der Waals surface area contributed by atoms with Crippen molar-refractivity contribution in [3.63, 3.8) is 0 Å². The van der Waals surface area contributed by atoms with E-state index in [1.54, 1.807) is 24.3 Å². The summed E-state index contributed by atoms with van der Waals surface area (Å²) in [5.74, 6) is -0.496. The Hall–Kier alpha value is -2.77. The molecule has 0 saturated heterocycles. The molecule has 4 nitrogen and oxygen atoms in total. The van der Waals surface area contributed by atoms with Gasteiger partial charge in [-0.3, -0.25) is 4.79 Å². The van der Waals surface area contributed by atoms with E-state index in [9.17, 15) is 4.79 Å². The zero-order valence-electron chi connectivity index (χ0n) is 11.9. The maximum atomic E-state index is 12.0. The molecule has 2 N–H and O–H groups in total. The third-order valence-electron chi connectivity index (χ3n) is 2.88. The Kier molecular flexibility index (Phi) is 5.18. The third-order valence-corrected chi connectivity index (χ3v) is 3.12. The van der Waals surface area contributed by atoms with Crippen LogP contribution < -0.4 is 10.6 Å². The number of nitrogens with one attached hydrogen (secondary N) is 2.